The summed E-state index contributed by atoms with van der Waals surface area (Å²) in [5.41, 5.74) is 0. The Balaban J connectivity index is 3.74. The van der Waals surface area contributed by atoms with Crippen molar-refractivity contribution in [2.75, 3.05) is 0 Å². The predicted molar refractivity (Wildman–Crippen MR) is 39.6 cm³/mol. The lowest BCUT2D eigenvalue weighted by molar-refractivity contribution is -0.106. The summed E-state index contributed by atoms with van der Waals surface area (Å²) in [6.45, 7) is 9.41. The van der Waals surface area contributed by atoms with Crippen LogP contribution in [-0.4, -0.2) is 14.6 Å². The quantitative estimate of drug-likeness (QED) is 0.260. The average Bonchev–Trinajstić information content (AvgIpc) is 1.62. The highest BCUT2D eigenvalue weighted by molar-refractivity contribution is 6.70. The largest absolute Gasteiger partial charge is 0.543 e. The van der Waals surface area contributed by atoms with Gasteiger partial charge in [-0.05, 0) is 19.6 Å². The van der Waals surface area contributed by atoms with Gasteiger partial charge in [-0.15, -0.1) is 0 Å². The topological polar surface area (TPSA) is 26.3 Å². The Morgan fingerprint density at radius 3 is 2.11 bits per heavy atom. The second kappa shape index (κ2) is 2.82. The Labute approximate surface area is 56.7 Å². The Bertz CT molecular complexity index is 124. The van der Waals surface area contributed by atoms with Crippen molar-refractivity contribution in [2.24, 2.45) is 0 Å². The Hall–Kier alpha value is -0.573. The molecule has 0 unspecified atom stereocenters. The van der Waals surface area contributed by atoms with Gasteiger partial charge in [0.2, 0.25) is 8.32 Å². The lowest BCUT2D eigenvalue weighted by Crippen LogP contribution is -2.24. The maximum atomic E-state index is 9.98. The van der Waals surface area contributed by atoms with Gasteiger partial charge in [-0.25, -0.2) is 0 Å². The van der Waals surface area contributed by atoms with Crippen LogP contribution in [0.15, 0.2) is 12.3 Å². The lowest BCUT2D eigenvalue weighted by atomic mass is 10.7. The number of hydrogen-bond donors (Lipinski definition) is 0. The number of rotatable bonds is 3. The summed E-state index contributed by atoms with van der Waals surface area (Å²) in [5.74, 6) is 0.245. The highest BCUT2D eigenvalue weighted by atomic mass is 28.4. The van der Waals surface area contributed by atoms with E-state index in [9.17, 15) is 4.79 Å². The number of aldehydes is 1. The summed E-state index contributed by atoms with van der Waals surface area (Å²) in [7, 11) is -1.57. The predicted octanol–water partition coefficient (Wildman–Crippen LogP) is 1.55. The molecule has 9 heavy (non-hydrogen) atoms. The zero-order chi connectivity index (χ0) is 7.49. The van der Waals surface area contributed by atoms with Crippen LogP contribution in [0.5, 0.6) is 0 Å². The van der Waals surface area contributed by atoms with E-state index < -0.39 is 8.32 Å². The summed E-state index contributed by atoms with van der Waals surface area (Å²) in [6, 6.07) is 0. The summed E-state index contributed by atoms with van der Waals surface area (Å²) < 4.78 is 5.16. The summed E-state index contributed by atoms with van der Waals surface area (Å²) in [6.07, 6.45) is 0.637. The van der Waals surface area contributed by atoms with Crippen LogP contribution in [0.2, 0.25) is 19.6 Å². The smallest absolute Gasteiger partial charge is 0.242 e. The molecular weight excluding hydrogens is 132 g/mol. The van der Waals surface area contributed by atoms with Crippen molar-refractivity contribution in [3.05, 3.63) is 12.3 Å². The minimum absolute atomic E-state index is 0.245. The van der Waals surface area contributed by atoms with Gasteiger partial charge < -0.3 is 4.43 Å². The highest BCUT2D eigenvalue weighted by Gasteiger charge is 2.15. The van der Waals surface area contributed by atoms with Crippen molar-refractivity contribution >= 4 is 14.6 Å². The molecule has 0 saturated heterocycles. The van der Waals surface area contributed by atoms with Gasteiger partial charge in [-0.1, -0.05) is 6.58 Å². The molecule has 52 valence electrons. The van der Waals surface area contributed by atoms with Gasteiger partial charge in [0.05, 0.1) is 0 Å². The fraction of sp³-hybridized carbons (Fsp3) is 0.500. The first-order valence-electron chi connectivity index (χ1n) is 2.79. The van der Waals surface area contributed by atoms with E-state index in [2.05, 4.69) is 6.58 Å². The van der Waals surface area contributed by atoms with Crippen molar-refractivity contribution in [2.45, 2.75) is 19.6 Å². The Morgan fingerprint density at radius 1 is 1.56 bits per heavy atom. The van der Waals surface area contributed by atoms with Gasteiger partial charge in [0.25, 0.3) is 0 Å². The van der Waals surface area contributed by atoms with Crippen molar-refractivity contribution < 1.29 is 9.22 Å². The number of hydrogen-bond acceptors (Lipinski definition) is 2. The van der Waals surface area contributed by atoms with Crippen LogP contribution in [0.3, 0.4) is 0 Å². The van der Waals surface area contributed by atoms with Crippen molar-refractivity contribution in [3.63, 3.8) is 0 Å². The molecule has 0 radical (unpaired) electrons. The van der Waals surface area contributed by atoms with Gasteiger partial charge in [0, 0.05) is 0 Å². The number of carbonyl (C=O) groups excluding carboxylic acids is 1. The van der Waals surface area contributed by atoms with Crippen LogP contribution in [0.4, 0.5) is 0 Å². The van der Waals surface area contributed by atoms with E-state index in [1.807, 2.05) is 19.6 Å². The molecule has 0 aromatic heterocycles. The zero-order valence-electron chi connectivity index (χ0n) is 6.10. The third-order valence-electron chi connectivity index (χ3n) is 0.569. The van der Waals surface area contributed by atoms with Crippen LogP contribution in [0.25, 0.3) is 0 Å². The molecule has 0 fully saturated rings. The molecule has 0 heterocycles. The van der Waals surface area contributed by atoms with Crippen molar-refractivity contribution in [3.8, 4) is 0 Å². The molecule has 2 nitrogen and oxygen atoms in total. The van der Waals surface area contributed by atoms with E-state index in [1.165, 1.54) is 0 Å². The molecule has 3 heteroatoms. The SMILES string of the molecule is C=C(C=O)O[Si](C)(C)C. The Morgan fingerprint density at radius 2 is 2.00 bits per heavy atom. The van der Waals surface area contributed by atoms with Crippen molar-refractivity contribution in [1.82, 2.24) is 0 Å². The number of carbonyl (C=O) groups is 1. The molecule has 0 aliphatic rings. The van der Waals surface area contributed by atoms with Gasteiger partial charge in [0.15, 0.2) is 6.29 Å². The molecule has 0 spiro atoms. The normalized spacial score (nSPS) is 10.6. The second-order valence-corrected chi connectivity index (χ2v) is 7.23. The van der Waals surface area contributed by atoms with Crippen LogP contribution < -0.4 is 0 Å². The number of allylic oxidation sites excluding steroid dienone is 1. The first-order valence-corrected chi connectivity index (χ1v) is 6.19. The zero-order valence-corrected chi connectivity index (χ0v) is 7.10. The maximum Gasteiger partial charge on any atom is 0.242 e. The molecule has 0 N–H and O–H groups in total. The summed E-state index contributed by atoms with van der Waals surface area (Å²) >= 11 is 0. The van der Waals surface area contributed by atoms with E-state index in [0.29, 0.717) is 6.29 Å². The van der Waals surface area contributed by atoms with E-state index in [0.717, 1.165) is 0 Å². The molecule has 0 amide bonds. The molecule has 0 aromatic rings. The van der Waals surface area contributed by atoms with Gasteiger partial charge in [-0.2, -0.15) is 0 Å². The van der Waals surface area contributed by atoms with E-state index in [1.54, 1.807) is 0 Å². The van der Waals surface area contributed by atoms with Crippen LogP contribution in [0.1, 0.15) is 0 Å². The maximum absolute atomic E-state index is 9.98. The van der Waals surface area contributed by atoms with Gasteiger partial charge in [0.1, 0.15) is 5.76 Å². The minimum atomic E-state index is -1.57. The molecule has 0 atom stereocenters. The molecule has 0 rings (SSSR count). The molecular formula is C6H12O2Si. The first-order chi connectivity index (χ1) is 3.95. The first kappa shape index (κ1) is 8.43. The molecule has 0 saturated carbocycles. The third-order valence-corrected chi connectivity index (χ3v) is 1.44. The van der Waals surface area contributed by atoms with Crippen LogP contribution in [0, 0.1) is 0 Å². The minimum Gasteiger partial charge on any atom is -0.543 e. The third kappa shape index (κ3) is 5.30. The molecule has 0 aromatic carbocycles. The van der Waals surface area contributed by atoms with E-state index in [-0.39, 0.29) is 5.76 Å². The van der Waals surface area contributed by atoms with Gasteiger partial charge in [-0.3, -0.25) is 4.79 Å². The standard InChI is InChI=1S/C6H12O2Si/c1-6(5-7)8-9(2,3)4/h5H,1H2,2-4H3. The molecule has 0 aliphatic heterocycles. The van der Waals surface area contributed by atoms with Crippen LogP contribution in [-0.2, 0) is 9.22 Å². The van der Waals surface area contributed by atoms with E-state index >= 15 is 0 Å². The molecule has 0 aliphatic carbocycles. The van der Waals surface area contributed by atoms with E-state index in [4.69, 9.17) is 4.43 Å². The van der Waals surface area contributed by atoms with Crippen LogP contribution >= 0.6 is 0 Å². The summed E-state index contributed by atoms with van der Waals surface area (Å²) in [4.78, 5) is 9.98. The second-order valence-electron chi connectivity index (χ2n) is 2.80. The fourth-order valence-electron chi connectivity index (χ4n) is 0.417. The molecule has 0 bridgehead atoms. The van der Waals surface area contributed by atoms with Crippen molar-refractivity contribution in [1.29, 1.82) is 0 Å². The average molecular weight is 144 g/mol. The monoisotopic (exact) mass is 144 g/mol. The van der Waals surface area contributed by atoms with Gasteiger partial charge >= 0.3 is 0 Å². The Kier molecular flexibility index (Phi) is 2.64. The fourth-order valence-corrected chi connectivity index (χ4v) is 1.25. The lowest BCUT2D eigenvalue weighted by Gasteiger charge is -2.17. The summed E-state index contributed by atoms with van der Waals surface area (Å²) in [5, 5.41) is 0. The highest BCUT2D eigenvalue weighted by Crippen LogP contribution is 2.05.